The molecule has 0 aliphatic heterocycles. The lowest BCUT2D eigenvalue weighted by Gasteiger charge is -1.89. The van der Waals surface area contributed by atoms with Gasteiger partial charge >= 0.3 is 0 Å². The molecule has 0 aliphatic rings. The van der Waals surface area contributed by atoms with E-state index in [1.165, 1.54) is 12.2 Å². The Bertz CT molecular complexity index is 61.5. The van der Waals surface area contributed by atoms with E-state index in [4.69, 9.17) is 11.6 Å². The van der Waals surface area contributed by atoms with Gasteiger partial charge in [0, 0.05) is 11.3 Å². The Morgan fingerprint density at radius 1 is 1.62 bits per heavy atom. The molecule has 0 radical (unpaired) electrons. The summed E-state index contributed by atoms with van der Waals surface area (Å²) in [7, 11) is 0. The van der Waals surface area contributed by atoms with E-state index in [9.17, 15) is 0 Å². The largest absolute Gasteiger partial charge is 0.158 e. The van der Waals surface area contributed by atoms with Crippen molar-refractivity contribution in [2.24, 2.45) is 0 Å². The second-order valence-corrected chi connectivity index (χ2v) is 2.84. The number of halogens is 1. The van der Waals surface area contributed by atoms with Crippen molar-refractivity contribution in [1.82, 2.24) is 0 Å². The first-order valence-corrected chi connectivity index (χ1v) is 4.34. The Hall–Kier alpha value is 0.380. The molecule has 0 fully saturated rings. The van der Waals surface area contributed by atoms with E-state index >= 15 is 0 Å². The molecular weight excluding hydrogens is 140 g/mol. The van der Waals surface area contributed by atoms with Gasteiger partial charge in [-0.15, -0.1) is 0 Å². The zero-order chi connectivity index (χ0) is 6.24. The van der Waals surface area contributed by atoms with Gasteiger partial charge in [-0.25, -0.2) is 0 Å². The van der Waals surface area contributed by atoms with Gasteiger partial charge in [0.25, 0.3) is 0 Å². The second kappa shape index (κ2) is 7.38. The Morgan fingerprint density at radius 3 is 2.88 bits per heavy atom. The quantitative estimate of drug-likeness (QED) is 0.556. The predicted molar refractivity (Wildman–Crippen MR) is 42.6 cm³/mol. The van der Waals surface area contributed by atoms with Gasteiger partial charge in [-0.1, -0.05) is 24.6 Å². The highest BCUT2D eigenvalue weighted by molar-refractivity contribution is 7.99. The van der Waals surface area contributed by atoms with E-state index in [0.29, 0.717) is 0 Å². The maximum atomic E-state index is 5.29. The molecule has 8 heavy (non-hydrogen) atoms. The molecule has 0 aromatic carbocycles. The summed E-state index contributed by atoms with van der Waals surface area (Å²) >= 11 is 7.19. The highest BCUT2D eigenvalue weighted by Crippen LogP contribution is 2.01. The number of rotatable bonds is 4. The van der Waals surface area contributed by atoms with E-state index in [2.05, 4.69) is 6.92 Å². The average Bonchev–Trinajstić information content (AvgIpc) is 1.81. The van der Waals surface area contributed by atoms with Crippen LogP contribution >= 0.6 is 23.4 Å². The third-order valence-electron chi connectivity index (χ3n) is 0.652. The van der Waals surface area contributed by atoms with E-state index in [0.717, 1.165) is 5.75 Å². The SMILES string of the molecule is CCCSC/C=C/Cl. The maximum Gasteiger partial charge on any atom is 0.0125 e. The Kier molecular flexibility index (Phi) is 7.73. The molecular formula is C6H11ClS. The minimum absolute atomic E-state index is 1.05. The van der Waals surface area contributed by atoms with E-state index in [-0.39, 0.29) is 0 Å². The molecule has 0 aromatic heterocycles. The van der Waals surface area contributed by atoms with Gasteiger partial charge < -0.3 is 0 Å². The fraction of sp³-hybridized carbons (Fsp3) is 0.667. The lowest BCUT2D eigenvalue weighted by Crippen LogP contribution is -1.74. The van der Waals surface area contributed by atoms with Crippen LogP contribution in [0.5, 0.6) is 0 Å². The zero-order valence-corrected chi connectivity index (χ0v) is 6.63. The Morgan fingerprint density at radius 2 is 2.38 bits per heavy atom. The number of thioether (sulfide) groups is 1. The van der Waals surface area contributed by atoms with Crippen LogP contribution in [0.3, 0.4) is 0 Å². The first-order chi connectivity index (χ1) is 3.91. The lowest BCUT2D eigenvalue weighted by atomic mass is 10.6. The van der Waals surface area contributed by atoms with E-state index in [1.807, 2.05) is 17.8 Å². The molecule has 0 amide bonds. The molecule has 0 spiro atoms. The molecule has 0 bridgehead atoms. The van der Waals surface area contributed by atoms with Gasteiger partial charge in [-0.2, -0.15) is 11.8 Å². The minimum Gasteiger partial charge on any atom is -0.158 e. The monoisotopic (exact) mass is 150 g/mol. The van der Waals surface area contributed by atoms with Crippen LogP contribution in [0.4, 0.5) is 0 Å². The molecule has 0 saturated carbocycles. The van der Waals surface area contributed by atoms with Gasteiger partial charge in [-0.05, 0) is 12.2 Å². The highest BCUT2D eigenvalue weighted by atomic mass is 35.5. The summed E-state index contributed by atoms with van der Waals surface area (Å²) in [5.74, 6) is 2.29. The maximum absolute atomic E-state index is 5.29. The van der Waals surface area contributed by atoms with Crippen LogP contribution in [0.25, 0.3) is 0 Å². The van der Waals surface area contributed by atoms with Crippen molar-refractivity contribution < 1.29 is 0 Å². The van der Waals surface area contributed by atoms with Crippen LogP contribution < -0.4 is 0 Å². The molecule has 0 N–H and O–H groups in total. The standard InChI is InChI=1S/C6H11ClS/c1-2-5-8-6-3-4-7/h3-4H,2,5-6H2,1H3/b4-3+. The topological polar surface area (TPSA) is 0 Å². The summed E-state index contributed by atoms with van der Waals surface area (Å²) < 4.78 is 0. The van der Waals surface area contributed by atoms with Gasteiger partial charge in [0.05, 0.1) is 0 Å². The van der Waals surface area contributed by atoms with E-state index < -0.39 is 0 Å². The minimum atomic E-state index is 1.05. The third kappa shape index (κ3) is 6.38. The first kappa shape index (κ1) is 8.38. The molecule has 0 atom stereocenters. The second-order valence-electron chi connectivity index (χ2n) is 1.44. The van der Waals surface area contributed by atoms with Crippen molar-refractivity contribution in [2.45, 2.75) is 13.3 Å². The van der Waals surface area contributed by atoms with Crippen molar-refractivity contribution in [2.75, 3.05) is 11.5 Å². The predicted octanol–water partition coefficient (Wildman–Crippen LogP) is 2.88. The molecule has 0 aromatic rings. The molecule has 0 rings (SSSR count). The molecule has 0 heterocycles. The number of hydrogen-bond acceptors (Lipinski definition) is 1. The summed E-state index contributed by atoms with van der Waals surface area (Å²) in [5, 5.41) is 0. The van der Waals surface area contributed by atoms with Gasteiger partial charge in [0.2, 0.25) is 0 Å². The molecule has 0 saturated heterocycles. The molecule has 0 aliphatic carbocycles. The smallest absolute Gasteiger partial charge is 0.0125 e. The van der Waals surface area contributed by atoms with Crippen LogP contribution in [-0.4, -0.2) is 11.5 Å². The van der Waals surface area contributed by atoms with Crippen LogP contribution in [0.1, 0.15) is 13.3 Å². The van der Waals surface area contributed by atoms with E-state index in [1.54, 1.807) is 5.54 Å². The summed E-state index contributed by atoms with van der Waals surface area (Å²) in [6, 6.07) is 0. The molecule has 2 heteroatoms. The van der Waals surface area contributed by atoms with Crippen LogP contribution in [0.15, 0.2) is 11.6 Å². The van der Waals surface area contributed by atoms with Crippen molar-refractivity contribution in [3.05, 3.63) is 11.6 Å². The van der Waals surface area contributed by atoms with Crippen LogP contribution in [0, 0.1) is 0 Å². The van der Waals surface area contributed by atoms with Crippen molar-refractivity contribution in [3.8, 4) is 0 Å². The van der Waals surface area contributed by atoms with Gasteiger partial charge in [0.1, 0.15) is 0 Å². The average molecular weight is 151 g/mol. The molecule has 48 valence electrons. The van der Waals surface area contributed by atoms with Gasteiger partial charge in [-0.3, -0.25) is 0 Å². The summed E-state index contributed by atoms with van der Waals surface area (Å²) in [6.07, 6.45) is 3.21. The summed E-state index contributed by atoms with van der Waals surface area (Å²) in [6.45, 7) is 2.18. The third-order valence-corrected chi connectivity index (χ3v) is 1.95. The van der Waals surface area contributed by atoms with Crippen LogP contribution in [-0.2, 0) is 0 Å². The highest BCUT2D eigenvalue weighted by Gasteiger charge is 1.78. The molecule has 0 unspecified atom stereocenters. The Labute approximate surface area is 60.3 Å². The normalized spacial score (nSPS) is 10.8. The van der Waals surface area contributed by atoms with Crippen molar-refractivity contribution in [1.29, 1.82) is 0 Å². The fourth-order valence-corrected chi connectivity index (χ4v) is 1.21. The van der Waals surface area contributed by atoms with Gasteiger partial charge in [0.15, 0.2) is 0 Å². The lowest BCUT2D eigenvalue weighted by molar-refractivity contribution is 1.11. The summed E-state index contributed by atoms with van der Waals surface area (Å²) in [5.41, 5.74) is 1.57. The Balaban J connectivity index is 2.72. The first-order valence-electron chi connectivity index (χ1n) is 2.74. The van der Waals surface area contributed by atoms with Crippen molar-refractivity contribution >= 4 is 23.4 Å². The molecule has 0 nitrogen and oxygen atoms in total. The number of hydrogen-bond donors (Lipinski definition) is 0. The fourth-order valence-electron chi connectivity index (χ4n) is 0.332. The van der Waals surface area contributed by atoms with Crippen LogP contribution in [0.2, 0.25) is 0 Å². The summed E-state index contributed by atoms with van der Waals surface area (Å²) in [4.78, 5) is 0. The zero-order valence-electron chi connectivity index (χ0n) is 5.06. The van der Waals surface area contributed by atoms with Crippen molar-refractivity contribution in [3.63, 3.8) is 0 Å².